The molecular weight excluding hydrogens is 336 g/mol. The summed E-state index contributed by atoms with van der Waals surface area (Å²) in [6, 6.07) is 3.90. The summed E-state index contributed by atoms with van der Waals surface area (Å²) in [5, 5.41) is 6.65. The zero-order chi connectivity index (χ0) is 13.9. The summed E-state index contributed by atoms with van der Waals surface area (Å²) in [5.41, 5.74) is 3.79. The molecule has 0 spiro atoms. The van der Waals surface area contributed by atoms with Gasteiger partial charge in [0, 0.05) is 22.2 Å². The number of pyridine rings is 2. The Morgan fingerprint density at radius 2 is 2.25 bits per heavy atom. The normalized spacial score (nSPS) is 10.9. The van der Waals surface area contributed by atoms with Crippen LogP contribution in [0.2, 0.25) is 0 Å². The van der Waals surface area contributed by atoms with Crippen LogP contribution in [0.25, 0.3) is 11.0 Å². The van der Waals surface area contributed by atoms with Gasteiger partial charge in [0.05, 0.1) is 28.5 Å². The molecule has 0 bridgehead atoms. The third kappa shape index (κ3) is 2.81. The van der Waals surface area contributed by atoms with Crippen LogP contribution in [0, 0.1) is 0 Å². The molecule has 0 aromatic carbocycles. The van der Waals surface area contributed by atoms with Gasteiger partial charge >= 0.3 is 0 Å². The van der Waals surface area contributed by atoms with Gasteiger partial charge in [-0.05, 0) is 34.5 Å². The maximum absolute atomic E-state index is 4.55. The summed E-state index contributed by atoms with van der Waals surface area (Å²) in [4.78, 5) is 13.3. The van der Waals surface area contributed by atoms with Crippen LogP contribution in [-0.2, 0) is 13.0 Å². The first kappa shape index (κ1) is 13.5. The van der Waals surface area contributed by atoms with E-state index in [2.05, 4.69) is 48.5 Å². The first-order chi connectivity index (χ1) is 9.76. The Morgan fingerprint density at radius 3 is 3.05 bits per heavy atom. The largest absolute Gasteiger partial charge is 0.378 e. The minimum Gasteiger partial charge on any atom is -0.378 e. The highest BCUT2D eigenvalue weighted by Gasteiger charge is 2.05. The lowest BCUT2D eigenvalue weighted by Crippen LogP contribution is -2.01. The lowest BCUT2D eigenvalue weighted by atomic mass is 10.3. The number of thiazole rings is 1. The third-order valence-electron chi connectivity index (χ3n) is 2.91. The van der Waals surface area contributed by atoms with Gasteiger partial charge < -0.3 is 5.32 Å². The van der Waals surface area contributed by atoms with Crippen LogP contribution in [0.5, 0.6) is 0 Å². The van der Waals surface area contributed by atoms with Crippen molar-refractivity contribution in [3.05, 3.63) is 45.1 Å². The molecule has 0 radical (unpaired) electrons. The molecule has 0 amide bonds. The Kier molecular flexibility index (Phi) is 3.93. The van der Waals surface area contributed by atoms with E-state index in [1.165, 1.54) is 5.01 Å². The molecule has 0 saturated carbocycles. The molecule has 0 aliphatic heterocycles. The van der Waals surface area contributed by atoms with E-state index in [4.69, 9.17) is 0 Å². The summed E-state index contributed by atoms with van der Waals surface area (Å²) >= 11 is 5.12. The number of nitrogens with zero attached hydrogens (tertiary/aromatic N) is 3. The van der Waals surface area contributed by atoms with Gasteiger partial charge in [-0.1, -0.05) is 6.92 Å². The van der Waals surface area contributed by atoms with Crippen LogP contribution in [0.1, 0.15) is 17.6 Å². The Morgan fingerprint density at radius 1 is 1.35 bits per heavy atom. The lowest BCUT2D eigenvalue weighted by Gasteiger charge is -2.07. The van der Waals surface area contributed by atoms with E-state index in [-0.39, 0.29) is 0 Å². The van der Waals surface area contributed by atoms with Gasteiger partial charge in [0.2, 0.25) is 0 Å². The summed E-state index contributed by atoms with van der Waals surface area (Å²) in [6.07, 6.45) is 4.56. The molecule has 4 nitrogen and oxygen atoms in total. The highest BCUT2D eigenvalue weighted by atomic mass is 79.9. The van der Waals surface area contributed by atoms with Crippen molar-refractivity contribution in [1.82, 2.24) is 15.0 Å². The summed E-state index contributed by atoms with van der Waals surface area (Å²) < 4.78 is 0.932. The van der Waals surface area contributed by atoms with E-state index in [0.29, 0.717) is 6.54 Å². The smallest absolute Gasteiger partial charge is 0.112 e. The second-order valence-electron chi connectivity index (χ2n) is 4.32. The molecule has 102 valence electrons. The standard InChI is InChI=1S/C14H13BrN4S/c1-2-13-19-10(8-20-13)7-17-11-3-4-16-12-5-9(15)6-18-14(11)12/h3-6,8H,2,7H2,1H3,(H,16,17). The van der Waals surface area contributed by atoms with Gasteiger partial charge in [0.1, 0.15) is 5.52 Å². The fourth-order valence-corrected chi connectivity index (χ4v) is 2.99. The monoisotopic (exact) mass is 348 g/mol. The van der Waals surface area contributed by atoms with Crippen molar-refractivity contribution in [3.8, 4) is 0 Å². The van der Waals surface area contributed by atoms with Gasteiger partial charge in [-0.3, -0.25) is 9.97 Å². The average molecular weight is 349 g/mol. The number of anilines is 1. The van der Waals surface area contributed by atoms with E-state index in [1.807, 2.05) is 12.1 Å². The predicted molar refractivity (Wildman–Crippen MR) is 86.1 cm³/mol. The Balaban J connectivity index is 1.83. The molecule has 20 heavy (non-hydrogen) atoms. The highest BCUT2D eigenvalue weighted by Crippen LogP contribution is 2.22. The molecule has 6 heteroatoms. The first-order valence-electron chi connectivity index (χ1n) is 6.33. The second kappa shape index (κ2) is 5.85. The van der Waals surface area contributed by atoms with Crippen LogP contribution in [0.15, 0.2) is 34.4 Å². The van der Waals surface area contributed by atoms with Crippen LogP contribution in [0.4, 0.5) is 5.69 Å². The topological polar surface area (TPSA) is 50.7 Å². The minimum absolute atomic E-state index is 0.702. The van der Waals surface area contributed by atoms with E-state index in [0.717, 1.165) is 33.3 Å². The van der Waals surface area contributed by atoms with Gasteiger partial charge in [-0.15, -0.1) is 11.3 Å². The number of halogens is 1. The van der Waals surface area contributed by atoms with Crippen molar-refractivity contribution in [3.63, 3.8) is 0 Å². The van der Waals surface area contributed by atoms with Gasteiger partial charge in [-0.25, -0.2) is 4.98 Å². The molecule has 0 unspecified atom stereocenters. The molecule has 3 aromatic rings. The number of aryl methyl sites for hydroxylation is 1. The predicted octanol–water partition coefficient (Wildman–Crippen LogP) is 4.02. The zero-order valence-corrected chi connectivity index (χ0v) is 13.3. The summed E-state index contributed by atoms with van der Waals surface area (Å²) in [6.45, 7) is 2.82. The van der Waals surface area contributed by atoms with Crippen molar-refractivity contribution in [2.45, 2.75) is 19.9 Å². The third-order valence-corrected chi connectivity index (χ3v) is 4.38. The molecule has 3 rings (SSSR count). The fourth-order valence-electron chi connectivity index (χ4n) is 1.93. The van der Waals surface area contributed by atoms with Crippen molar-refractivity contribution in [2.24, 2.45) is 0 Å². The summed E-state index contributed by atoms with van der Waals surface area (Å²) in [5.74, 6) is 0. The molecule has 0 aliphatic carbocycles. The van der Waals surface area contributed by atoms with Crippen LogP contribution in [-0.4, -0.2) is 15.0 Å². The van der Waals surface area contributed by atoms with Crippen molar-refractivity contribution in [2.75, 3.05) is 5.32 Å². The highest BCUT2D eigenvalue weighted by molar-refractivity contribution is 9.10. The second-order valence-corrected chi connectivity index (χ2v) is 6.18. The van der Waals surface area contributed by atoms with Crippen LogP contribution in [0.3, 0.4) is 0 Å². The molecule has 0 fully saturated rings. The molecule has 0 atom stereocenters. The van der Waals surface area contributed by atoms with E-state index in [1.54, 1.807) is 23.7 Å². The number of nitrogens with one attached hydrogen (secondary N) is 1. The van der Waals surface area contributed by atoms with Crippen LogP contribution < -0.4 is 5.32 Å². The Bertz CT molecular complexity index is 741. The molecule has 3 heterocycles. The number of hydrogen-bond acceptors (Lipinski definition) is 5. The minimum atomic E-state index is 0.702. The first-order valence-corrected chi connectivity index (χ1v) is 8.01. The fraction of sp³-hybridized carbons (Fsp3) is 0.214. The molecular formula is C14H13BrN4S. The van der Waals surface area contributed by atoms with Crippen molar-refractivity contribution in [1.29, 1.82) is 0 Å². The molecule has 0 saturated heterocycles. The zero-order valence-electron chi connectivity index (χ0n) is 10.9. The SMILES string of the molecule is CCc1nc(CNc2ccnc3cc(Br)cnc23)cs1. The van der Waals surface area contributed by atoms with E-state index in [9.17, 15) is 0 Å². The maximum atomic E-state index is 4.55. The van der Waals surface area contributed by atoms with E-state index < -0.39 is 0 Å². The lowest BCUT2D eigenvalue weighted by molar-refractivity contribution is 1.01. The van der Waals surface area contributed by atoms with Gasteiger partial charge in [0.25, 0.3) is 0 Å². The van der Waals surface area contributed by atoms with Gasteiger partial charge in [-0.2, -0.15) is 0 Å². The summed E-state index contributed by atoms with van der Waals surface area (Å²) in [7, 11) is 0. The maximum Gasteiger partial charge on any atom is 0.112 e. The van der Waals surface area contributed by atoms with E-state index >= 15 is 0 Å². The number of aromatic nitrogens is 3. The molecule has 1 N–H and O–H groups in total. The average Bonchev–Trinajstić information content (AvgIpc) is 2.92. The Labute approximate surface area is 129 Å². The number of fused-ring (bicyclic) bond motifs is 1. The Hall–Kier alpha value is -1.53. The van der Waals surface area contributed by atoms with Crippen molar-refractivity contribution < 1.29 is 0 Å². The van der Waals surface area contributed by atoms with Crippen molar-refractivity contribution >= 4 is 44.0 Å². The van der Waals surface area contributed by atoms with Gasteiger partial charge in [0.15, 0.2) is 0 Å². The van der Waals surface area contributed by atoms with Crippen LogP contribution >= 0.6 is 27.3 Å². The number of hydrogen-bond donors (Lipinski definition) is 1. The molecule has 3 aromatic heterocycles. The number of rotatable bonds is 4. The quantitative estimate of drug-likeness (QED) is 0.773. The molecule has 0 aliphatic rings.